The number of ether oxygens (including phenoxy) is 2. The van der Waals surface area contributed by atoms with Gasteiger partial charge in [-0.25, -0.2) is 4.79 Å². The van der Waals surface area contributed by atoms with Gasteiger partial charge in [0.1, 0.15) is 6.61 Å². The molecule has 33 heavy (non-hydrogen) atoms. The van der Waals surface area contributed by atoms with Crippen LogP contribution < -0.4 is 19.3 Å². The number of aryl methyl sites for hydroxylation is 1. The van der Waals surface area contributed by atoms with E-state index < -0.39 is 17.8 Å². The molecular weight excluding hydrogens is 433 g/mol. The van der Waals surface area contributed by atoms with Gasteiger partial charge in [0.2, 0.25) is 0 Å². The number of urea groups is 1. The summed E-state index contributed by atoms with van der Waals surface area (Å²) in [6.07, 6.45) is -4.48. The number of benzene rings is 3. The molecule has 1 saturated heterocycles. The van der Waals surface area contributed by atoms with Crippen LogP contribution in [0.1, 0.15) is 16.7 Å². The zero-order valence-corrected chi connectivity index (χ0v) is 18.2. The first-order chi connectivity index (χ1) is 15.8. The molecule has 0 atom stereocenters. The lowest BCUT2D eigenvalue weighted by molar-refractivity contribution is -0.138. The van der Waals surface area contributed by atoms with Crippen LogP contribution >= 0.6 is 0 Å². The molecule has 1 heterocycles. The van der Waals surface area contributed by atoms with E-state index in [4.69, 9.17) is 9.47 Å². The van der Waals surface area contributed by atoms with Crippen LogP contribution in [0.4, 0.5) is 29.3 Å². The van der Waals surface area contributed by atoms with Gasteiger partial charge < -0.3 is 9.47 Å². The molecule has 1 fully saturated rings. The zero-order valence-electron chi connectivity index (χ0n) is 18.2. The van der Waals surface area contributed by atoms with Crippen molar-refractivity contribution in [2.24, 2.45) is 0 Å². The van der Waals surface area contributed by atoms with Crippen LogP contribution in [0.15, 0.2) is 66.7 Å². The van der Waals surface area contributed by atoms with Gasteiger partial charge in [-0.15, -0.1) is 0 Å². The lowest BCUT2D eigenvalue weighted by Gasteiger charge is -2.21. The maximum absolute atomic E-state index is 13.3. The molecule has 5 nitrogen and oxygen atoms in total. The van der Waals surface area contributed by atoms with Gasteiger partial charge in [0.25, 0.3) is 0 Å². The van der Waals surface area contributed by atoms with E-state index in [9.17, 15) is 18.0 Å². The number of hydrogen-bond acceptors (Lipinski definition) is 3. The van der Waals surface area contributed by atoms with Crippen LogP contribution in [-0.2, 0) is 12.8 Å². The molecule has 3 aromatic rings. The minimum atomic E-state index is -4.48. The molecule has 172 valence electrons. The number of nitrogens with zero attached hydrogens (tertiary/aromatic N) is 2. The second kappa shape index (κ2) is 9.05. The third-order valence-corrected chi connectivity index (χ3v) is 5.54. The van der Waals surface area contributed by atoms with Crippen LogP contribution in [0.25, 0.3) is 0 Å². The van der Waals surface area contributed by atoms with E-state index in [0.29, 0.717) is 30.3 Å². The summed E-state index contributed by atoms with van der Waals surface area (Å²) in [7, 11) is 1.53. The highest BCUT2D eigenvalue weighted by Gasteiger charge is 2.35. The Balaban J connectivity index is 1.56. The number of halogens is 3. The van der Waals surface area contributed by atoms with Crippen molar-refractivity contribution in [2.75, 3.05) is 30.0 Å². The molecule has 0 bridgehead atoms. The molecule has 0 saturated carbocycles. The van der Waals surface area contributed by atoms with Gasteiger partial charge in [-0.05, 0) is 42.3 Å². The topological polar surface area (TPSA) is 42.0 Å². The van der Waals surface area contributed by atoms with Crippen molar-refractivity contribution in [2.45, 2.75) is 19.7 Å². The number of methoxy groups -OCH3 is 1. The third kappa shape index (κ3) is 4.74. The highest BCUT2D eigenvalue weighted by atomic mass is 19.4. The molecule has 0 unspecified atom stereocenters. The average Bonchev–Trinajstić information content (AvgIpc) is 3.19. The summed E-state index contributed by atoms with van der Waals surface area (Å²) in [5.74, 6) is 0.992. The van der Waals surface area contributed by atoms with Gasteiger partial charge in [-0.3, -0.25) is 9.80 Å². The predicted molar refractivity (Wildman–Crippen MR) is 120 cm³/mol. The Labute approximate surface area is 189 Å². The molecule has 4 rings (SSSR count). The maximum atomic E-state index is 13.3. The van der Waals surface area contributed by atoms with Gasteiger partial charge in [-0.1, -0.05) is 36.4 Å². The summed E-state index contributed by atoms with van der Waals surface area (Å²) in [4.78, 5) is 16.0. The van der Waals surface area contributed by atoms with Gasteiger partial charge in [0.15, 0.2) is 11.5 Å². The summed E-state index contributed by atoms with van der Waals surface area (Å²) in [5, 5.41) is 0. The number of carbonyl (C=O) groups is 1. The summed E-state index contributed by atoms with van der Waals surface area (Å²) < 4.78 is 51.3. The lowest BCUT2D eigenvalue weighted by atomic mass is 10.1. The molecule has 3 aromatic carbocycles. The van der Waals surface area contributed by atoms with Crippen LogP contribution in [0.2, 0.25) is 0 Å². The maximum Gasteiger partial charge on any atom is 0.416 e. The van der Waals surface area contributed by atoms with Crippen LogP contribution in [-0.4, -0.2) is 26.2 Å². The van der Waals surface area contributed by atoms with Crippen molar-refractivity contribution >= 4 is 17.4 Å². The van der Waals surface area contributed by atoms with Crippen molar-refractivity contribution in [3.63, 3.8) is 0 Å². The van der Waals surface area contributed by atoms with E-state index in [1.807, 2.05) is 30.3 Å². The Hall–Kier alpha value is -3.68. The Morgan fingerprint density at radius 3 is 2.15 bits per heavy atom. The molecule has 0 spiro atoms. The number of alkyl halides is 3. The molecule has 0 N–H and O–H groups in total. The number of carbonyl (C=O) groups excluding carboxylic acids is 1. The standard InChI is InChI=1S/C25H23F3N2O3/c1-17-8-9-19(14-21(17)25(26,27)28)29-12-13-30(24(29)31)20-10-11-22(32-2)23(15-20)33-16-18-6-4-3-5-7-18/h3-11,14-15H,12-13,16H2,1-2H3. The van der Waals surface area contributed by atoms with Crippen molar-refractivity contribution in [3.05, 3.63) is 83.4 Å². The van der Waals surface area contributed by atoms with Crippen LogP contribution in [0, 0.1) is 6.92 Å². The normalized spacial score (nSPS) is 14.0. The largest absolute Gasteiger partial charge is 0.493 e. The number of hydrogen-bond donors (Lipinski definition) is 0. The average molecular weight is 456 g/mol. The fraction of sp³-hybridized carbons (Fsp3) is 0.240. The third-order valence-electron chi connectivity index (χ3n) is 5.54. The Morgan fingerprint density at radius 2 is 1.52 bits per heavy atom. The Morgan fingerprint density at radius 1 is 0.879 bits per heavy atom. The molecule has 1 aliphatic heterocycles. The van der Waals surface area contributed by atoms with Gasteiger partial charge in [0, 0.05) is 30.5 Å². The smallest absolute Gasteiger partial charge is 0.416 e. The first-order valence-corrected chi connectivity index (χ1v) is 10.4. The van der Waals surface area contributed by atoms with Gasteiger partial charge >= 0.3 is 12.2 Å². The first-order valence-electron chi connectivity index (χ1n) is 10.4. The van der Waals surface area contributed by atoms with Crippen molar-refractivity contribution in [1.82, 2.24) is 0 Å². The van der Waals surface area contributed by atoms with E-state index in [2.05, 4.69) is 0 Å². The Kier molecular flexibility index (Phi) is 6.18. The second-order valence-corrected chi connectivity index (χ2v) is 7.69. The van der Waals surface area contributed by atoms with E-state index in [-0.39, 0.29) is 17.8 Å². The molecule has 1 aliphatic rings. The quantitative estimate of drug-likeness (QED) is 0.454. The summed E-state index contributed by atoms with van der Waals surface area (Å²) in [6.45, 7) is 2.33. The van der Waals surface area contributed by atoms with E-state index in [0.717, 1.165) is 11.6 Å². The monoisotopic (exact) mass is 456 g/mol. The fourth-order valence-electron chi connectivity index (χ4n) is 3.78. The summed E-state index contributed by atoms with van der Waals surface area (Å²) in [6, 6.07) is 18.3. The van der Waals surface area contributed by atoms with Crippen LogP contribution in [0.3, 0.4) is 0 Å². The number of rotatable bonds is 6. The number of amides is 2. The second-order valence-electron chi connectivity index (χ2n) is 7.69. The number of anilines is 2. The van der Waals surface area contributed by atoms with Gasteiger partial charge in [0.05, 0.1) is 12.7 Å². The highest BCUT2D eigenvalue weighted by Crippen LogP contribution is 2.37. The molecule has 8 heteroatoms. The van der Waals surface area contributed by atoms with Gasteiger partial charge in [-0.2, -0.15) is 13.2 Å². The SMILES string of the molecule is COc1ccc(N2CCN(c3ccc(C)c(C(F)(F)F)c3)C2=O)cc1OCc1ccccc1. The minimum absolute atomic E-state index is 0.116. The summed E-state index contributed by atoms with van der Waals surface area (Å²) >= 11 is 0. The predicted octanol–water partition coefficient (Wildman–Crippen LogP) is 6.05. The first kappa shape index (κ1) is 22.5. The summed E-state index contributed by atoms with van der Waals surface area (Å²) in [5.41, 5.74) is 1.15. The molecular formula is C25H23F3N2O3. The van der Waals surface area contributed by atoms with E-state index in [1.165, 1.54) is 36.0 Å². The van der Waals surface area contributed by atoms with Crippen molar-refractivity contribution in [1.29, 1.82) is 0 Å². The minimum Gasteiger partial charge on any atom is -0.493 e. The van der Waals surface area contributed by atoms with Crippen molar-refractivity contribution in [3.8, 4) is 11.5 Å². The zero-order chi connectivity index (χ0) is 23.6. The fourth-order valence-corrected chi connectivity index (χ4v) is 3.78. The van der Waals surface area contributed by atoms with E-state index >= 15 is 0 Å². The lowest BCUT2D eigenvalue weighted by Crippen LogP contribution is -2.32. The van der Waals surface area contributed by atoms with Crippen molar-refractivity contribution < 1.29 is 27.4 Å². The molecule has 0 aliphatic carbocycles. The Bertz CT molecular complexity index is 1150. The molecule has 2 amide bonds. The van der Waals surface area contributed by atoms with Crippen LogP contribution in [0.5, 0.6) is 11.5 Å². The molecule has 0 aromatic heterocycles. The highest BCUT2D eigenvalue weighted by molar-refractivity contribution is 6.06. The van der Waals surface area contributed by atoms with E-state index in [1.54, 1.807) is 18.2 Å². The molecule has 0 radical (unpaired) electrons.